The third kappa shape index (κ3) is 3.47. The molecule has 0 amide bonds. The van der Waals surface area contributed by atoms with Gasteiger partial charge in [0.1, 0.15) is 0 Å². The van der Waals surface area contributed by atoms with Gasteiger partial charge in [0, 0.05) is 50.8 Å². The minimum absolute atomic E-state index is 0.613. The summed E-state index contributed by atoms with van der Waals surface area (Å²) in [5.41, 5.74) is 5.18. The maximum absolute atomic E-state index is 5.18. The number of piperazine rings is 1. The number of aliphatic imine (C=N–C) groups is 1. The van der Waals surface area contributed by atoms with Gasteiger partial charge in [-0.2, -0.15) is 0 Å². The summed E-state index contributed by atoms with van der Waals surface area (Å²) >= 11 is 0. The highest BCUT2D eigenvalue weighted by atomic mass is 15.3. The van der Waals surface area contributed by atoms with E-state index in [0.29, 0.717) is 6.04 Å². The van der Waals surface area contributed by atoms with Gasteiger partial charge in [-0.25, -0.2) is 0 Å². The first-order valence-corrected chi connectivity index (χ1v) is 5.05. The Labute approximate surface area is 86.1 Å². The molecule has 0 saturated carbocycles. The van der Waals surface area contributed by atoms with Crippen LogP contribution in [0, 0.1) is 0 Å². The lowest BCUT2D eigenvalue weighted by Gasteiger charge is -2.37. The molecule has 2 N–H and O–H groups in total. The SMILES string of the molecule is CC1CN(C)CCN1C/C=N/C=C\N. The highest BCUT2D eigenvalue weighted by molar-refractivity contribution is 5.60. The van der Waals surface area contributed by atoms with Crippen molar-refractivity contribution in [2.24, 2.45) is 10.7 Å². The zero-order chi connectivity index (χ0) is 10.4. The van der Waals surface area contributed by atoms with Gasteiger partial charge in [-0.1, -0.05) is 0 Å². The molecule has 0 aromatic carbocycles. The van der Waals surface area contributed by atoms with Crippen molar-refractivity contribution in [1.82, 2.24) is 9.80 Å². The number of rotatable bonds is 3. The molecule has 0 bridgehead atoms. The summed E-state index contributed by atoms with van der Waals surface area (Å²) in [5, 5.41) is 0. The van der Waals surface area contributed by atoms with Crippen LogP contribution in [0.1, 0.15) is 6.92 Å². The van der Waals surface area contributed by atoms with Crippen LogP contribution >= 0.6 is 0 Å². The fraction of sp³-hybridized carbons (Fsp3) is 0.700. The summed E-state index contributed by atoms with van der Waals surface area (Å²) in [5.74, 6) is 0. The molecular weight excluding hydrogens is 176 g/mol. The van der Waals surface area contributed by atoms with E-state index in [1.807, 2.05) is 6.21 Å². The van der Waals surface area contributed by atoms with Crippen LogP contribution in [0.4, 0.5) is 0 Å². The third-order valence-electron chi connectivity index (χ3n) is 2.56. The second kappa shape index (κ2) is 5.78. The quantitative estimate of drug-likeness (QED) is 0.652. The van der Waals surface area contributed by atoms with E-state index in [2.05, 4.69) is 28.8 Å². The third-order valence-corrected chi connectivity index (χ3v) is 2.56. The van der Waals surface area contributed by atoms with Crippen LogP contribution in [0.25, 0.3) is 0 Å². The Morgan fingerprint density at radius 3 is 2.93 bits per heavy atom. The Bertz CT molecular complexity index is 212. The molecule has 4 nitrogen and oxygen atoms in total. The van der Waals surface area contributed by atoms with Crippen molar-refractivity contribution < 1.29 is 0 Å². The first kappa shape index (κ1) is 11.2. The Balaban J connectivity index is 2.30. The standard InChI is InChI=1S/C10H20N4/c1-10-9-13(2)7-8-14(10)6-5-12-4-3-11/h3-5,10H,6-9,11H2,1-2H3/b4-3-,12-5+. The summed E-state index contributed by atoms with van der Waals surface area (Å²) in [6, 6.07) is 0.613. The van der Waals surface area contributed by atoms with Crippen LogP contribution in [0.2, 0.25) is 0 Å². The van der Waals surface area contributed by atoms with Crippen molar-refractivity contribution in [2.45, 2.75) is 13.0 Å². The normalized spacial score (nSPS) is 26.6. The summed E-state index contributed by atoms with van der Waals surface area (Å²) in [7, 11) is 2.17. The van der Waals surface area contributed by atoms with Crippen molar-refractivity contribution in [3.8, 4) is 0 Å². The molecule has 80 valence electrons. The van der Waals surface area contributed by atoms with Crippen molar-refractivity contribution in [2.75, 3.05) is 33.2 Å². The fourth-order valence-electron chi connectivity index (χ4n) is 1.71. The van der Waals surface area contributed by atoms with Gasteiger partial charge >= 0.3 is 0 Å². The number of likely N-dealkylation sites (N-methyl/N-ethyl adjacent to an activating group) is 1. The average Bonchev–Trinajstić information content (AvgIpc) is 2.15. The predicted molar refractivity (Wildman–Crippen MR) is 60.4 cm³/mol. The second-order valence-electron chi connectivity index (χ2n) is 3.78. The summed E-state index contributed by atoms with van der Waals surface area (Å²) in [6.45, 7) is 6.57. The van der Waals surface area contributed by atoms with E-state index in [4.69, 9.17) is 5.73 Å². The van der Waals surface area contributed by atoms with E-state index in [9.17, 15) is 0 Å². The van der Waals surface area contributed by atoms with Gasteiger partial charge in [0.05, 0.1) is 0 Å². The zero-order valence-electron chi connectivity index (χ0n) is 9.06. The predicted octanol–water partition coefficient (Wildman–Crippen LogP) is 0.123. The topological polar surface area (TPSA) is 44.9 Å². The fourth-order valence-corrected chi connectivity index (χ4v) is 1.71. The Hall–Kier alpha value is -0.870. The van der Waals surface area contributed by atoms with E-state index in [1.54, 1.807) is 6.20 Å². The first-order chi connectivity index (χ1) is 6.74. The maximum Gasteiger partial charge on any atom is 0.0419 e. The molecule has 0 aromatic heterocycles. The van der Waals surface area contributed by atoms with E-state index >= 15 is 0 Å². The monoisotopic (exact) mass is 196 g/mol. The van der Waals surface area contributed by atoms with Gasteiger partial charge in [0.15, 0.2) is 0 Å². The highest BCUT2D eigenvalue weighted by Crippen LogP contribution is 2.05. The Morgan fingerprint density at radius 1 is 1.50 bits per heavy atom. The minimum Gasteiger partial charge on any atom is -0.403 e. The van der Waals surface area contributed by atoms with E-state index in [-0.39, 0.29) is 0 Å². The van der Waals surface area contributed by atoms with Crippen molar-refractivity contribution >= 4 is 6.21 Å². The van der Waals surface area contributed by atoms with Gasteiger partial charge in [0.25, 0.3) is 0 Å². The molecule has 1 aliphatic heterocycles. The number of nitrogens with zero attached hydrogens (tertiary/aromatic N) is 3. The van der Waals surface area contributed by atoms with Crippen molar-refractivity contribution in [3.63, 3.8) is 0 Å². The molecule has 4 heteroatoms. The van der Waals surface area contributed by atoms with Crippen LogP contribution in [-0.4, -0.2) is 55.3 Å². The second-order valence-corrected chi connectivity index (χ2v) is 3.78. The van der Waals surface area contributed by atoms with Gasteiger partial charge < -0.3 is 10.6 Å². The largest absolute Gasteiger partial charge is 0.403 e. The molecule has 0 radical (unpaired) electrons. The van der Waals surface area contributed by atoms with Crippen molar-refractivity contribution in [3.05, 3.63) is 12.4 Å². The molecule has 0 spiro atoms. The minimum atomic E-state index is 0.613. The van der Waals surface area contributed by atoms with E-state index in [0.717, 1.165) is 26.2 Å². The Morgan fingerprint density at radius 2 is 2.29 bits per heavy atom. The summed E-state index contributed by atoms with van der Waals surface area (Å²) in [4.78, 5) is 8.84. The molecule has 1 fully saturated rings. The molecule has 0 aromatic rings. The van der Waals surface area contributed by atoms with E-state index in [1.165, 1.54) is 6.20 Å². The number of hydrogen-bond acceptors (Lipinski definition) is 4. The first-order valence-electron chi connectivity index (χ1n) is 5.05. The van der Waals surface area contributed by atoms with Gasteiger partial charge in [-0.15, -0.1) is 0 Å². The van der Waals surface area contributed by atoms with Crippen LogP contribution in [0.15, 0.2) is 17.4 Å². The number of hydrogen-bond donors (Lipinski definition) is 1. The average molecular weight is 196 g/mol. The lowest BCUT2D eigenvalue weighted by atomic mass is 10.2. The summed E-state index contributed by atoms with van der Waals surface area (Å²) in [6.07, 6.45) is 4.97. The lowest BCUT2D eigenvalue weighted by molar-refractivity contribution is 0.116. The van der Waals surface area contributed by atoms with Gasteiger partial charge in [-0.05, 0) is 14.0 Å². The van der Waals surface area contributed by atoms with Gasteiger partial charge in [0.2, 0.25) is 0 Å². The van der Waals surface area contributed by atoms with Crippen LogP contribution in [0.5, 0.6) is 0 Å². The molecule has 1 heterocycles. The molecule has 1 aliphatic rings. The molecule has 1 atom stereocenters. The molecule has 1 unspecified atom stereocenters. The maximum atomic E-state index is 5.18. The molecule has 14 heavy (non-hydrogen) atoms. The van der Waals surface area contributed by atoms with Gasteiger partial charge in [-0.3, -0.25) is 9.89 Å². The van der Waals surface area contributed by atoms with Crippen molar-refractivity contribution in [1.29, 1.82) is 0 Å². The van der Waals surface area contributed by atoms with E-state index < -0.39 is 0 Å². The smallest absolute Gasteiger partial charge is 0.0419 e. The summed E-state index contributed by atoms with van der Waals surface area (Å²) < 4.78 is 0. The zero-order valence-corrected chi connectivity index (χ0v) is 9.06. The van der Waals surface area contributed by atoms with Crippen LogP contribution in [-0.2, 0) is 0 Å². The molecule has 0 aliphatic carbocycles. The van der Waals surface area contributed by atoms with Crippen LogP contribution in [0.3, 0.4) is 0 Å². The highest BCUT2D eigenvalue weighted by Gasteiger charge is 2.19. The molecular formula is C10H20N4. The molecule has 1 saturated heterocycles. The lowest BCUT2D eigenvalue weighted by Crippen LogP contribution is -2.50. The number of nitrogens with two attached hydrogens (primary N) is 1. The van der Waals surface area contributed by atoms with Crippen LogP contribution < -0.4 is 5.73 Å². The molecule has 1 rings (SSSR count). The Kier molecular flexibility index (Phi) is 4.62.